The lowest BCUT2D eigenvalue weighted by atomic mass is 10.2. The van der Waals surface area contributed by atoms with Gasteiger partial charge < -0.3 is 10.4 Å². The van der Waals surface area contributed by atoms with Gasteiger partial charge in [-0.1, -0.05) is 13.8 Å². The fourth-order valence-electron chi connectivity index (χ4n) is 1.10. The predicted molar refractivity (Wildman–Crippen MR) is 57.6 cm³/mol. The van der Waals surface area contributed by atoms with E-state index in [1.54, 1.807) is 0 Å². The molecule has 0 heterocycles. The number of hydrogen-bond donors (Lipinski definition) is 3. The van der Waals surface area contributed by atoms with Crippen molar-refractivity contribution in [2.75, 3.05) is 6.54 Å². The Morgan fingerprint density at radius 1 is 1.27 bits per heavy atom. The van der Waals surface area contributed by atoms with Crippen LogP contribution in [-0.4, -0.2) is 35.6 Å². The van der Waals surface area contributed by atoms with Crippen LogP contribution in [0.15, 0.2) is 0 Å². The highest BCUT2D eigenvalue weighted by Gasteiger charge is 2.13. The van der Waals surface area contributed by atoms with Gasteiger partial charge in [-0.05, 0) is 19.8 Å². The van der Waals surface area contributed by atoms with E-state index in [4.69, 9.17) is 5.11 Å². The molecule has 5 heteroatoms. The Balaban J connectivity index is 3.79. The van der Waals surface area contributed by atoms with Gasteiger partial charge in [0.2, 0.25) is 5.91 Å². The van der Waals surface area contributed by atoms with Crippen LogP contribution in [0.25, 0.3) is 0 Å². The van der Waals surface area contributed by atoms with Gasteiger partial charge in [0.25, 0.3) is 0 Å². The topological polar surface area (TPSA) is 78.4 Å². The molecule has 0 aromatic carbocycles. The van der Waals surface area contributed by atoms with Crippen molar-refractivity contribution in [2.24, 2.45) is 0 Å². The zero-order chi connectivity index (χ0) is 11.8. The summed E-state index contributed by atoms with van der Waals surface area (Å²) >= 11 is 0. The normalized spacial score (nSPS) is 12.5. The molecule has 0 saturated carbocycles. The van der Waals surface area contributed by atoms with Crippen LogP contribution in [0.3, 0.4) is 0 Å². The molecule has 0 fully saturated rings. The van der Waals surface area contributed by atoms with Crippen molar-refractivity contribution < 1.29 is 14.7 Å². The van der Waals surface area contributed by atoms with Crippen LogP contribution in [0.1, 0.15) is 33.6 Å². The van der Waals surface area contributed by atoms with Crippen molar-refractivity contribution in [1.29, 1.82) is 0 Å². The second kappa shape index (κ2) is 7.23. The Labute approximate surface area is 90.2 Å². The Kier molecular flexibility index (Phi) is 6.70. The zero-order valence-corrected chi connectivity index (χ0v) is 9.54. The van der Waals surface area contributed by atoms with Gasteiger partial charge in [0, 0.05) is 6.04 Å². The van der Waals surface area contributed by atoms with E-state index in [2.05, 4.69) is 10.6 Å². The highest BCUT2D eigenvalue weighted by atomic mass is 16.4. The maximum Gasteiger partial charge on any atom is 0.320 e. The molecule has 0 unspecified atom stereocenters. The van der Waals surface area contributed by atoms with Gasteiger partial charge in [-0.15, -0.1) is 0 Å². The van der Waals surface area contributed by atoms with Crippen LogP contribution < -0.4 is 10.6 Å². The number of amides is 1. The van der Waals surface area contributed by atoms with Gasteiger partial charge in [-0.3, -0.25) is 14.9 Å². The molecule has 0 aromatic heterocycles. The predicted octanol–water partition coefficient (Wildman–Crippen LogP) is 0.354. The summed E-state index contributed by atoms with van der Waals surface area (Å²) in [5.41, 5.74) is 0. The quantitative estimate of drug-likeness (QED) is 0.574. The molecular weight excluding hydrogens is 196 g/mol. The maximum atomic E-state index is 11.3. The minimum Gasteiger partial charge on any atom is -0.480 e. The first-order valence-corrected chi connectivity index (χ1v) is 5.26. The molecule has 0 rings (SSSR count). The highest BCUT2D eigenvalue weighted by molar-refractivity contribution is 5.79. The molecule has 0 spiro atoms. The maximum absolute atomic E-state index is 11.3. The van der Waals surface area contributed by atoms with Crippen LogP contribution in [-0.2, 0) is 9.59 Å². The minimum atomic E-state index is -0.953. The second-order valence-corrected chi connectivity index (χ2v) is 3.52. The van der Waals surface area contributed by atoms with Crippen molar-refractivity contribution >= 4 is 11.9 Å². The summed E-state index contributed by atoms with van der Waals surface area (Å²) < 4.78 is 0. The van der Waals surface area contributed by atoms with Gasteiger partial charge in [-0.25, -0.2) is 0 Å². The van der Waals surface area contributed by atoms with E-state index in [1.807, 2.05) is 13.8 Å². The van der Waals surface area contributed by atoms with Gasteiger partial charge in [-0.2, -0.15) is 0 Å². The molecule has 15 heavy (non-hydrogen) atoms. The number of carboxylic acid groups (broad SMARTS) is 1. The van der Waals surface area contributed by atoms with E-state index in [-0.39, 0.29) is 18.5 Å². The highest BCUT2D eigenvalue weighted by Crippen LogP contribution is 1.95. The summed E-state index contributed by atoms with van der Waals surface area (Å²) in [7, 11) is 0. The number of aliphatic carboxylic acids is 1. The zero-order valence-electron chi connectivity index (χ0n) is 9.54. The average molecular weight is 216 g/mol. The Morgan fingerprint density at radius 3 is 2.20 bits per heavy atom. The van der Waals surface area contributed by atoms with E-state index >= 15 is 0 Å². The number of carbonyl (C=O) groups excluding carboxylic acids is 1. The Bertz CT molecular complexity index is 215. The molecule has 1 atom stereocenters. The average Bonchev–Trinajstić information content (AvgIpc) is 2.22. The van der Waals surface area contributed by atoms with Crippen LogP contribution in [0.5, 0.6) is 0 Å². The van der Waals surface area contributed by atoms with E-state index in [0.717, 1.165) is 12.8 Å². The number of nitrogens with one attached hydrogen (secondary N) is 2. The van der Waals surface area contributed by atoms with Gasteiger partial charge in [0.1, 0.15) is 6.04 Å². The molecule has 5 nitrogen and oxygen atoms in total. The number of hydrogen-bond acceptors (Lipinski definition) is 3. The van der Waals surface area contributed by atoms with E-state index in [0.29, 0.717) is 0 Å². The van der Waals surface area contributed by atoms with E-state index < -0.39 is 12.0 Å². The summed E-state index contributed by atoms with van der Waals surface area (Å²) in [4.78, 5) is 21.8. The van der Waals surface area contributed by atoms with Crippen molar-refractivity contribution in [1.82, 2.24) is 10.6 Å². The number of rotatable bonds is 7. The van der Waals surface area contributed by atoms with Crippen LogP contribution in [0.4, 0.5) is 0 Å². The third-order valence-corrected chi connectivity index (χ3v) is 2.29. The first-order valence-electron chi connectivity index (χ1n) is 5.26. The molecule has 0 aliphatic heterocycles. The lowest BCUT2D eigenvalue weighted by molar-refractivity contribution is -0.139. The Hall–Kier alpha value is -1.10. The molecule has 3 N–H and O–H groups in total. The fourth-order valence-corrected chi connectivity index (χ4v) is 1.10. The fraction of sp³-hybridized carbons (Fsp3) is 0.800. The Morgan fingerprint density at radius 2 is 1.80 bits per heavy atom. The van der Waals surface area contributed by atoms with E-state index in [1.165, 1.54) is 6.92 Å². The molecule has 0 aromatic rings. The molecule has 0 bridgehead atoms. The van der Waals surface area contributed by atoms with Crippen molar-refractivity contribution in [3.8, 4) is 0 Å². The molecule has 0 aliphatic rings. The standard InChI is InChI=1S/C10H20N2O3/c1-4-8(5-2)12-9(13)6-11-7(3)10(14)15/h7-8,11H,4-6H2,1-3H3,(H,12,13)(H,14,15)/t7-/m1/s1. The van der Waals surface area contributed by atoms with Gasteiger partial charge >= 0.3 is 5.97 Å². The molecule has 88 valence electrons. The smallest absolute Gasteiger partial charge is 0.320 e. The summed E-state index contributed by atoms with van der Waals surface area (Å²) in [5.74, 6) is -1.11. The molecular formula is C10H20N2O3. The second-order valence-electron chi connectivity index (χ2n) is 3.52. The molecule has 1 amide bonds. The molecule has 0 aliphatic carbocycles. The lowest BCUT2D eigenvalue weighted by Gasteiger charge is -2.15. The van der Waals surface area contributed by atoms with Crippen molar-refractivity contribution in [2.45, 2.75) is 45.7 Å². The van der Waals surface area contributed by atoms with Crippen LogP contribution >= 0.6 is 0 Å². The molecule has 0 radical (unpaired) electrons. The van der Waals surface area contributed by atoms with Crippen LogP contribution in [0, 0.1) is 0 Å². The monoisotopic (exact) mass is 216 g/mol. The summed E-state index contributed by atoms with van der Waals surface area (Å²) in [5, 5.41) is 14.0. The SMILES string of the molecule is CCC(CC)NC(=O)CN[C@H](C)C(=O)O. The molecule has 0 saturated heterocycles. The van der Waals surface area contributed by atoms with Crippen molar-refractivity contribution in [3.63, 3.8) is 0 Å². The summed E-state index contributed by atoms with van der Waals surface area (Å²) in [6.45, 7) is 5.56. The number of carbonyl (C=O) groups is 2. The van der Waals surface area contributed by atoms with Gasteiger partial charge in [0.15, 0.2) is 0 Å². The van der Waals surface area contributed by atoms with E-state index in [9.17, 15) is 9.59 Å². The first kappa shape index (κ1) is 13.9. The third-order valence-electron chi connectivity index (χ3n) is 2.29. The minimum absolute atomic E-state index is 0.0456. The largest absolute Gasteiger partial charge is 0.480 e. The summed E-state index contributed by atoms with van der Waals surface area (Å²) in [6.07, 6.45) is 1.77. The number of carboxylic acids is 1. The van der Waals surface area contributed by atoms with Gasteiger partial charge in [0.05, 0.1) is 6.54 Å². The third kappa shape index (κ3) is 6.06. The first-order chi connectivity index (χ1) is 7.01. The van der Waals surface area contributed by atoms with Crippen molar-refractivity contribution in [3.05, 3.63) is 0 Å². The van der Waals surface area contributed by atoms with Crippen LogP contribution in [0.2, 0.25) is 0 Å². The lowest BCUT2D eigenvalue weighted by Crippen LogP contribution is -2.44. The summed E-state index contributed by atoms with van der Waals surface area (Å²) in [6, 6.07) is -0.517.